The third kappa shape index (κ3) is 4.21. The zero-order chi connectivity index (χ0) is 22.2. The quantitative estimate of drug-likeness (QED) is 0.606. The summed E-state index contributed by atoms with van der Waals surface area (Å²) in [5, 5.41) is 2.92. The molecule has 5 nitrogen and oxygen atoms in total. The Hall–Kier alpha value is -3.12. The summed E-state index contributed by atoms with van der Waals surface area (Å²) in [6.45, 7) is 6.54. The molecular formula is C25H26N2O3S. The molecule has 1 N–H and O–H groups in total. The third-order valence-electron chi connectivity index (χ3n) is 5.64. The summed E-state index contributed by atoms with van der Waals surface area (Å²) >= 11 is 0. The van der Waals surface area contributed by atoms with E-state index in [2.05, 4.69) is 19.2 Å². The Morgan fingerprint density at radius 1 is 0.968 bits per heavy atom. The molecule has 0 saturated heterocycles. The van der Waals surface area contributed by atoms with Gasteiger partial charge in [-0.25, -0.2) is 8.42 Å². The molecule has 0 unspecified atom stereocenters. The molecule has 1 aliphatic rings. The van der Waals surface area contributed by atoms with Gasteiger partial charge in [-0.1, -0.05) is 43.7 Å². The first-order chi connectivity index (χ1) is 14.8. The van der Waals surface area contributed by atoms with Crippen molar-refractivity contribution in [3.63, 3.8) is 0 Å². The number of rotatable bonds is 5. The molecule has 0 fully saturated rings. The van der Waals surface area contributed by atoms with Gasteiger partial charge in [0.25, 0.3) is 15.9 Å². The van der Waals surface area contributed by atoms with Crippen LogP contribution in [0.15, 0.2) is 71.6 Å². The van der Waals surface area contributed by atoms with E-state index in [9.17, 15) is 13.2 Å². The molecule has 1 amide bonds. The molecule has 3 aromatic rings. The highest BCUT2D eigenvalue weighted by atomic mass is 32.2. The number of carbonyl (C=O) groups excluding carboxylic acids is 1. The lowest BCUT2D eigenvalue weighted by Crippen LogP contribution is -2.29. The van der Waals surface area contributed by atoms with Crippen molar-refractivity contribution in [3.8, 4) is 0 Å². The lowest BCUT2D eigenvalue weighted by Gasteiger charge is -2.20. The predicted molar refractivity (Wildman–Crippen MR) is 124 cm³/mol. The maximum Gasteiger partial charge on any atom is 0.264 e. The molecule has 4 rings (SSSR count). The maximum atomic E-state index is 13.1. The van der Waals surface area contributed by atoms with Crippen molar-refractivity contribution >= 4 is 27.3 Å². The van der Waals surface area contributed by atoms with Crippen molar-refractivity contribution in [2.45, 2.75) is 38.0 Å². The molecule has 0 spiro atoms. The van der Waals surface area contributed by atoms with E-state index in [0.717, 1.165) is 16.8 Å². The van der Waals surface area contributed by atoms with Crippen molar-refractivity contribution in [1.82, 2.24) is 0 Å². The smallest absolute Gasteiger partial charge is 0.264 e. The van der Waals surface area contributed by atoms with Crippen LogP contribution in [0, 0.1) is 6.92 Å². The van der Waals surface area contributed by atoms with E-state index in [0.29, 0.717) is 30.1 Å². The molecule has 0 radical (unpaired) electrons. The second-order valence-corrected chi connectivity index (χ2v) is 10.1. The summed E-state index contributed by atoms with van der Waals surface area (Å²) < 4.78 is 27.6. The summed E-state index contributed by atoms with van der Waals surface area (Å²) in [5.74, 6) is 0.223. The Labute approximate surface area is 183 Å². The van der Waals surface area contributed by atoms with Gasteiger partial charge in [-0.05, 0) is 72.9 Å². The third-order valence-corrected chi connectivity index (χ3v) is 7.47. The number of fused-ring (bicyclic) bond motifs is 1. The monoisotopic (exact) mass is 434 g/mol. The number of aryl methyl sites for hydroxylation is 1. The topological polar surface area (TPSA) is 66.5 Å². The van der Waals surface area contributed by atoms with Crippen LogP contribution in [-0.2, 0) is 16.4 Å². The van der Waals surface area contributed by atoms with Gasteiger partial charge in [0, 0.05) is 17.8 Å². The molecule has 160 valence electrons. The second-order valence-electron chi connectivity index (χ2n) is 8.21. The largest absolute Gasteiger partial charge is 0.322 e. The molecule has 3 aromatic carbocycles. The number of hydrogen-bond acceptors (Lipinski definition) is 3. The molecule has 0 aliphatic carbocycles. The Kier molecular flexibility index (Phi) is 5.58. The first-order valence-electron chi connectivity index (χ1n) is 10.4. The van der Waals surface area contributed by atoms with Gasteiger partial charge in [0.15, 0.2) is 0 Å². The van der Waals surface area contributed by atoms with Crippen molar-refractivity contribution in [1.29, 1.82) is 0 Å². The fourth-order valence-electron chi connectivity index (χ4n) is 3.75. The van der Waals surface area contributed by atoms with E-state index in [4.69, 9.17) is 0 Å². The average molecular weight is 435 g/mol. The number of carbonyl (C=O) groups is 1. The maximum absolute atomic E-state index is 13.1. The van der Waals surface area contributed by atoms with Crippen LogP contribution < -0.4 is 9.62 Å². The lowest BCUT2D eigenvalue weighted by atomic mass is 10.0. The highest BCUT2D eigenvalue weighted by molar-refractivity contribution is 7.92. The van der Waals surface area contributed by atoms with Gasteiger partial charge in [-0.15, -0.1) is 0 Å². The van der Waals surface area contributed by atoms with Crippen molar-refractivity contribution in [3.05, 3.63) is 89.0 Å². The molecule has 0 aromatic heterocycles. The van der Waals surface area contributed by atoms with Crippen LogP contribution in [0.4, 0.5) is 11.4 Å². The Bertz CT molecular complexity index is 1210. The molecule has 0 atom stereocenters. The Balaban J connectivity index is 1.54. The van der Waals surface area contributed by atoms with Crippen LogP contribution in [0.5, 0.6) is 0 Å². The van der Waals surface area contributed by atoms with Gasteiger partial charge < -0.3 is 5.32 Å². The van der Waals surface area contributed by atoms with Crippen LogP contribution in [-0.4, -0.2) is 20.9 Å². The van der Waals surface area contributed by atoms with Gasteiger partial charge in [0.2, 0.25) is 0 Å². The van der Waals surface area contributed by atoms with E-state index in [1.807, 2.05) is 31.2 Å². The Morgan fingerprint density at radius 3 is 2.29 bits per heavy atom. The fraction of sp³-hybridized carbons (Fsp3) is 0.240. The lowest BCUT2D eigenvalue weighted by molar-refractivity contribution is 0.102. The van der Waals surface area contributed by atoms with Crippen LogP contribution in [0.3, 0.4) is 0 Å². The molecule has 0 saturated carbocycles. The number of hydrogen-bond donors (Lipinski definition) is 1. The van der Waals surface area contributed by atoms with E-state index in [1.165, 1.54) is 9.87 Å². The number of amides is 1. The highest BCUT2D eigenvalue weighted by Gasteiger charge is 2.31. The van der Waals surface area contributed by atoms with Gasteiger partial charge in [-0.3, -0.25) is 9.10 Å². The molecule has 1 aliphatic heterocycles. The molecule has 1 heterocycles. The van der Waals surface area contributed by atoms with Crippen molar-refractivity contribution in [2.24, 2.45) is 0 Å². The van der Waals surface area contributed by atoms with Crippen molar-refractivity contribution < 1.29 is 13.2 Å². The van der Waals surface area contributed by atoms with Crippen molar-refractivity contribution in [2.75, 3.05) is 16.2 Å². The number of benzene rings is 3. The standard InChI is InChI=1S/C25H26N2O3S/c1-17(2)19-6-9-22(10-7-19)26-25(28)21-8-13-24-20(16-21)14-15-27(24)31(29,30)23-11-4-18(3)5-12-23/h4-13,16-17H,14-15H2,1-3H3,(H,26,28). The first-order valence-corrected chi connectivity index (χ1v) is 11.8. The summed E-state index contributed by atoms with van der Waals surface area (Å²) in [5.41, 5.74) is 4.97. The van der Waals surface area contributed by atoms with Crippen LogP contribution in [0.25, 0.3) is 0 Å². The van der Waals surface area contributed by atoms with Gasteiger partial charge >= 0.3 is 0 Å². The van der Waals surface area contributed by atoms with Gasteiger partial charge in [0.05, 0.1) is 10.6 Å². The molecular weight excluding hydrogens is 408 g/mol. The number of nitrogens with one attached hydrogen (secondary N) is 1. The van der Waals surface area contributed by atoms with Crippen LogP contribution >= 0.6 is 0 Å². The van der Waals surface area contributed by atoms with Gasteiger partial charge in [-0.2, -0.15) is 0 Å². The fourth-order valence-corrected chi connectivity index (χ4v) is 5.26. The average Bonchev–Trinajstić information content (AvgIpc) is 3.18. The van der Waals surface area contributed by atoms with E-state index >= 15 is 0 Å². The Morgan fingerprint density at radius 2 is 1.65 bits per heavy atom. The minimum atomic E-state index is -3.63. The van der Waals surface area contributed by atoms with Crippen LogP contribution in [0.2, 0.25) is 0 Å². The summed E-state index contributed by atoms with van der Waals surface area (Å²) in [7, 11) is -3.63. The summed E-state index contributed by atoms with van der Waals surface area (Å²) in [6, 6.07) is 19.9. The summed E-state index contributed by atoms with van der Waals surface area (Å²) in [4.78, 5) is 13.0. The molecule has 6 heteroatoms. The van der Waals surface area contributed by atoms with Gasteiger partial charge in [0.1, 0.15) is 0 Å². The highest BCUT2D eigenvalue weighted by Crippen LogP contribution is 2.34. The van der Waals surface area contributed by atoms with E-state index in [-0.39, 0.29) is 10.8 Å². The second kappa shape index (κ2) is 8.19. The minimum Gasteiger partial charge on any atom is -0.322 e. The first kappa shape index (κ1) is 21.1. The zero-order valence-electron chi connectivity index (χ0n) is 17.9. The molecule has 0 bridgehead atoms. The predicted octanol–water partition coefficient (Wildman–Crippen LogP) is 5.12. The number of nitrogens with zero attached hydrogens (tertiary/aromatic N) is 1. The van der Waals surface area contributed by atoms with Crippen LogP contribution in [0.1, 0.15) is 46.8 Å². The number of sulfonamides is 1. The number of anilines is 2. The molecule has 31 heavy (non-hydrogen) atoms. The minimum absolute atomic E-state index is 0.208. The SMILES string of the molecule is Cc1ccc(S(=O)(=O)N2CCc3cc(C(=O)Nc4ccc(C(C)C)cc4)ccc32)cc1. The van der Waals surface area contributed by atoms with E-state index < -0.39 is 10.0 Å². The normalized spacial score (nSPS) is 13.4. The van der Waals surface area contributed by atoms with E-state index in [1.54, 1.807) is 42.5 Å². The zero-order valence-corrected chi connectivity index (χ0v) is 18.7. The summed E-state index contributed by atoms with van der Waals surface area (Å²) in [6.07, 6.45) is 0.574.